The van der Waals surface area contributed by atoms with E-state index in [9.17, 15) is 65.9 Å². The highest BCUT2D eigenvalue weighted by molar-refractivity contribution is 6.31. The van der Waals surface area contributed by atoms with Gasteiger partial charge < -0.3 is 55.6 Å². The topological polar surface area (TPSA) is 259 Å². The number of nitrogens with zero attached hydrogens (tertiary/aromatic N) is 7. The molecule has 0 spiro atoms. The van der Waals surface area contributed by atoms with Crippen LogP contribution in [-0.2, 0) is 65.3 Å². The maximum atomic E-state index is 14.9. The lowest BCUT2D eigenvalue weighted by molar-refractivity contribution is -0.150. The van der Waals surface area contributed by atoms with Gasteiger partial charge in [-0.25, -0.2) is 0 Å². The van der Waals surface area contributed by atoms with Crippen molar-refractivity contribution in [1.82, 2.24) is 55.6 Å². The normalized spacial score (nSPS) is 25.6. The zero-order valence-electron chi connectivity index (χ0n) is 58.0. The minimum Gasteiger partial charge on any atom is -0.343 e. The van der Waals surface area contributed by atoms with Crippen LogP contribution in [0.25, 0.3) is 0 Å². The summed E-state index contributed by atoms with van der Waals surface area (Å²) in [7, 11) is 9.92. The van der Waals surface area contributed by atoms with Gasteiger partial charge in [0.25, 0.3) is 0 Å². The van der Waals surface area contributed by atoms with E-state index in [1.165, 1.54) is 90.9 Å². The van der Waals surface area contributed by atoms with Crippen LogP contribution in [-0.4, -0.2) is 216 Å². The third kappa shape index (κ3) is 22.3. The molecule has 0 unspecified atom stereocenters. The van der Waals surface area contributed by atoms with Gasteiger partial charge in [0.15, 0.2) is 0 Å². The number of hydrogen-bond donors (Lipinski definition) is 4. The molecule has 22 nitrogen and oxygen atoms in total. The summed E-state index contributed by atoms with van der Waals surface area (Å²) in [6, 6.07) is -6.34. The number of rotatable bonds is 13. The summed E-state index contributed by atoms with van der Waals surface area (Å²) in [6.07, 6.45) is -0.0205. The van der Waals surface area contributed by atoms with Gasteiger partial charge in [-0.2, -0.15) is 13.2 Å². The Labute approximate surface area is 548 Å². The number of likely N-dealkylation sites (N-methyl/N-ethyl adjacent to an activating group) is 7. The second-order valence-corrected chi connectivity index (χ2v) is 28.0. The van der Waals surface area contributed by atoms with Gasteiger partial charge in [-0.3, -0.25) is 52.7 Å². The van der Waals surface area contributed by atoms with E-state index in [4.69, 9.17) is 11.6 Å². The first kappa shape index (κ1) is 79.7. The first-order valence-corrected chi connectivity index (χ1v) is 32.8. The van der Waals surface area contributed by atoms with E-state index in [0.29, 0.717) is 6.42 Å². The Morgan fingerprint density at radius 1 is 0.587 bits per heavy atom. The maximum Gasteiger partial charge on any atom is 0.417 e. The van der Waals surface area contributed by atoms with Gasteiger partial charge in [0.2, 0.25) is 65.0 Å². The van der Waals surface area contributed by atoms with Crippen LogP contribution < -0.4 is 21.3 Å². The fraction of sp³-hybridized carbons (Fsp3) is 0.742. The number of carbonyl (C=O) groups is 11. The van der Waals surface area contributed by atoms with Crippen LogP contribution in [0.3, 0.4) is 0 Å². The van der Waals surface area contributed by atoms with Gasteiger partial charge in [-0.15, -0.1) is 0 Å². The Bertz CT molecular complexity index is 2760. The van der Waals surface area contributed by atoms with E-state index in [2.05, 4.69) is 21.3 Å². The number of aryl methyl sites for hydroxylation is 1. The molecule has 11 amide bonds. The Morgan fingerprint density at radius 2 is 1.12 bits per heavy atom. The largest absolute Gasteiger partial charge is 0.417 e. The Balaban J connectivity index is 2.25. The van der Waals surface area contributed by atoms with Crippen molar-refractivity contribution in [2.45, 2.75) is 227 Å². The second-order valence-electron chi connectivity index (χ2n) is 27.6. The standard InChI is InChI=1S/C66H107ClF3N11O11/c1-20-41(8)56-63(91)76(14)36-54(83)75(13)37-55(84)80(18)52(35-44-24-22-21-23-25-44)62(90)78(16)43(10)57(85)71-48(29-27-45-26-28-46(47(67)34-45)66(68,69)70)58(86)72-50(31-39(4)5)61(89)81(19)65(11,12)64(92)73-49(30-38(2)3)60(88)77(15)42(9)33-53(82)79(17)51(32-40(6)7)59(87)74-56/h26,28,34,38-44,48-52,56H,20-25,27,29-33,35-37H2,1-19H3,(H,71,85)(H,72,86)(H,73,92)(H,74,87)/t41-,42+,43+,48-,49-,50-,51-,52-,56-/m0/s1. The molecule has 1 aliphatic heterocycles. The predicted octanol–water partition coefficient (Wildman–Crippen LogP) is 6.29. The number of nitrogens with one attached hydrogen (secondary N) is 4. The Hall–Kier alpha value is -6.53. The molecule has 92 heavy (non-hydrogen) atoms. The molecule has 3 rings (SSSR count). The van der Waals surface area contributed by atoms with Crippen LogP contribution in [0.15, 0.2) is 18.2 Å². The number of carbonyl (C=O) groups excluding carboxylic acids is 11. The third-order valence-electron chi connectivity index (χ3n) is 18.4. The minimum absolute atomic E-state index is 0.0137. The van der Waals surface area contributed by atoms with Crippen LogP contribution in [0.1, 0.15) is 171 Å². The van der Waals surface area contributed by atoms with Crippen molar-refractivity contribution in [2.75, 3.05) is 62.4 Å². The summed E-state index contributed by atoms with van der Waals surface area (Å²) < 4.78 is 41.3. The van der Waals surface area contributed by atoms with Crippen LogP contribution >= 0.6 is 11.6 Å². The summed E-state index contributed by atoms with van der Waals surface area (Å²) in [5, 5.41) is 10.6. The van der Waals surface area contributed by atoms with Gasteiger partial charge in [0.05, 0.1) is 23.7 Å². The van der Waals surface area contributed by atoms with E-state index in [-0.39, 0.29) is 74.2 Å². The van der Waals surface area contributed by atoms with Crippen molar-refractivity contribution in [3.63, 3.8) is 0 Å². The second kappa shape index (κ2) is 35.1. The molecule has 0 radical (unpaired) electrons. The van der Waals surface area contributed by atoms with E-state index in [1.54, 1.807) is 27.7 Å². The average Bonchev–Trinajstić information content (AvgIpc) is 0.836. The fourth-order valence-corrected chi connectivity index (χ4v) is 11.8. The molecule has 4 N–H and O–H groups in total. The fourth-order valence-electron chi connectivity index (χ4n) is 11.4. The van der Waals surface area contributed by atoms with E-state index >= 15 is 0 Å². The summed E-state index contributed by atoms with van der Waals surface area (Å²) in [5.74, 6) is -8.26. The zero-order chi connectivity index (χ0) is 70.2. The number of benzene rings is 1. The van der Waals surface area contributed by atoms with Gasteiger partial charge in [-0.1, -0.05) is 112 Å². The van der Waals surface area contributed by atoms with Gasteiger partial charge >= 0.3 is 6.18 Å². The molecule has 0 bridgehead atoms. The molecule has 520 valence electrons. The lowest BCUT2D eigenvalue weighted by atomic mass is 9.84. The van der Waals surface area contributed by atoms with Crippen molar-refractivity contribution in [3.05, 3.63) is 34.3 Å². The van der Waals surface area contributed by atoms with Gasteiger partial charge in [-0.05, 0) is 114 Å². The molecule has 1 aromatic carbocycles. The van der Waals surface area contributed by atoms with Crippen LogP contribution in [0.2, 0.25) is 5.02 Å². The zero-order valence-corrected chi connectivity index (χ0v) is 58.7. The third-order valence-corrected chi connectivity index (χ3v) is 18.8. The monoisotopic (exact) mass is 1320 g/mol. The van der Waals surface area contributed by atoms with Crippen LogP contribution in [0.4, 0.5) is 13.2 Å². The maximum absolute atomic E-state index is 14.9. The van der Waals surface area contributed by atoms with Crippen molar-refractivity contribution >= 4 is 76.6 Å². The van der Waals surface area contributed by atoms with Crippen molar-refractivity contribution < 1.29 is 65.9 Å². The molecular formula is C66H107ClF3N11O11. The number of alkyl halides is 3. The Kier molecular flexibility index (Phi) is 30.4. The van der Waals surface area contributed by atoms with Gasteiger partial charge in [0.1, 0.15) is 47.8 Å². The first-order valence-electron chi connectivity index (χ1n) is 32.5. The highest BCUT2D eigenvalue weighted by Gasteiger charge is 2.44. The van der Waals surface area contributed by atoms with E-state index < -0.39 is 155 Å². The van der Waals surface area contributed by atoms with E-state index in [0.717, 1.165) is 63.8 Å². The minimum atomic E-state index is -4.76. The molecule has 26 heteroatoms. The molecule has 9 atom stereocenters. The van der Waals surface area contributed by atoms with E-state index in [1.807, 2.05) is 34.6 Å². The van der Waals surface area contributed by atoms with Crippen LogP contribution in [0, 0.1) is 29.6 Å². The summed E-state index contributed by atoms with van der Waals surface area (Å²) >= 11 is 6.11. The molecule has 2 aliphatic rings. The lowest BCUT2D eigenvalue weighted by Gasteiger charge is -2.39. The molecule has 2 fully saturated rings. The van der Waals surface area contributed by atoms with Gasteiger partial charge in [0, 0.05) is 61.8 Å². The average molecular weight is 1320 g/mol. The highest BCUT2D eigenvalue weighted by Crippen LogP contribution is 2.36. The molecule has 1 aliphatic carbocycles. The predicted molar refractivity (Wildman–Crippen MR) is 346 cm³/mol. The SMILES string of the molecule is CC[C@H](C)[C@@H]1NC(=O)[C@H](CC(C)C)N(C)C(=O)C[C@@H](C)N(C)C(=O)[C@H](CC(C)C)NC(=O)C(C)(C)N(C)C(=O)[C@H](CC(C)C)NC(=O)[C@H](CCc2ccc(C(F)(F)F)c(Cl)c2)NC(=O)[C@@H](C)N(C)C(=O)[C@H](CC2CCCCC2)N(C)C(=O)CN(C)C(=O)CN(C)C1=O. The Morgan fingerprint density at radius 3 is 1.65 bits per heavy atom. The van der Waals surface area contributed by atoms with Crippen molar-refractivity contribution in [3.8, 4) is 0 Å². The smallest absolute Gasteiger partial charge is 0.343 e. The molecule has 1 aromatic rings. The number of hydrogen-bond acceptors (Lipinski definition) is 11. The highest BCUT2D eigenvalue weighted by atomic mass is 35.5. The molecule has 0 aromatic heterocycles. The molecule has 1 saturated carbocycles. The number of halogens is 4. The first-order chi connectivity index (χ1) is 42.6. The van der Waals surface area contributed by atoms with Crippen molar-refractivity contribution in [2.24, 2.45) is 29.6 Å². The van der Waals surface area contributed by atoms with Crippen molar-refractivity contribution in [1.29, 1.82) is 0 Å². The summed E-state index contributed by atoms with van der Waals surface area (Å²) in [6.45, 7) is 19.7. The summed E-state index contributed by atoms with van der Waals surface area (Å²) in [4.78, 5) is 168. The summed E-state index contributed by atoms with van der Waals surface area (Å²) in [5.41, 5.74) is -2.50. The molecular weight excluding hydrogens is 1220 g/mol. The lowest BCUT2D eigenvalue weighted by Crippen LogP contribution is -2.63. The quantitative estimate of drug-likeness (QED) is 0.171. The molecule has 1 saturated heterocycles. The molecule has 1 heterocycles. The number of amides is 11. The van der Waals surface area contributed by atoms with Crippen LogP contribution in [0.5, 0.6) is 0 Å².